The molecule has 11 heteroatoms. The van der Waals surface area contributed by atoms with E-state index in [1.54, 1.807) is 13.8 Å². The highest BCUT2D eigenvalue weighted by Crippen LogP contribution is 2.36. The predicted molar refractivity (Wildman–Crippen MR) is 134 cm³/mol. The van der Waals surface area contributed by atoms with Gasteiger partial charge in [-0.25, -0.2) is 19.1 Å². The van der Waals surface area contributed by atoms with E-state index in [-0.39, 0.29) is 18.5 Å². The van der Waals surface area contributed by atoms with Gasteiger partial charge in [-0.2, -0.15) is 0 Å². The molecule has 0 radical (unpaired) electrons. The summed E-state index contributed by atoms with van der Waals surface area (Å²) in [5.41, 5.74) is -2.00. The van der Waals surface area contributed by atoms with Crippen LogP contribution < -0.4 is 11.2 Å². The average Bonchev–Trinajstić information content (AvgIpc) is 3.47. The van der Waals surface area contributed by atoms with E-state index in [0.29, 0.717) is 21.2 Å². The molecular formula is C25H27N3O7S. The fourth-order valence-electron chi connectivity index (χ4n) is 3.98. The van der Waals surface area contributed by atoms with E-state index in [1.165, 1.54) is 42.2 Å². The third-order valence-corrected chi connectivity index (χ3v) is 7.28. The number of fused-ring (bicyclic) bond motifs is 1. The van der Waals surface area contributed by atoms with Crippen LogP contribution in [0.3, 0.4) is 0 Å². The number of thiophene rings is 1. The van der Waals surface area contributed by atoms with E-state index >= 15 is 0 Å². The van der Waals surface area contributed by atoms with Gasteiger partial charge < -0.3 is 19.4 Å². The zero-order chi connectivity index (χ0) is 26.2. The largest absolute Gasteiger partial charge is 0.480 e. The molecule has 0 unspecified atom stereocenters. The quantitative estimate of drug-likeness (QED) is 0.348. The Morgan fingerprint density at radius 3 is 2.53 bits per heavy atom. The van der Waals surface area contributed by atoms with Gasteiger partial charge in [-0.1, -0.05) is 30.3 Å². The Kier molecular flexibility index (Phi) is 6.98. The Hall–Kier alpha value is -3.54. The molecule has 0 saturated heterocycles. The van der Waals surface area contributed by atoms with Crippen molar-refractivity contribution < 1.29 is 24.2 Å². The van der Waals surface area contributed by atoms with E-state index < -0.39 is 35.0 Å². The Labute approximate surface area is 210 Å². The number of aryl methyl sites for hydroxylation is 1. The SMILES string of the molecule is Cc1c(-c2ncco2)sc2c1c(=O)n(C(C)(C)C(=O)O)c(=O)n2C[C@H](OC[C@H](C)O)c1ccccc1. The van der Waals surface area contributed by atoms with Crippen molar-refractivity contribution >= 4 is 27.5 Å². The van der Waals surface area contributed by atoms with Crippen molar-refractivity contribution in [2.24, 2.45) is 0 Å². The molecule has 2 atom stereocenters. The number of oxazole rings is 1. The molecule has 0 amide bonds. The minimum Gasteiger partial charge on any atom is -0.480 e. The number of hydrogen-bond donors (Lipinski definition) is 2. The summed E-state index contributed by atoms with van der Waals surface area (Å²) in [6.07, 6.45) is 1.49. The van der Waals surface area contributed by atoms with Crippen molar-refractivity contribution in [2.45, 2.75) is 52.0 Å². The van der Waals surface area contributed by atoms with Crippen molar-refractivity contribution in [1.82, 2.24) is 14.1 Å². The number of hydrogen-bond acceptors (Lipinski definition) is 8. The first-order chi connectivity index (χ1) is 17.0. The zero-order valence-electron chi connectivity index (χ0n) is 20.3. The van der Waals surface area contributed by atoms with E-state index in [0.717, 1.165) is 10.1 Å². The molecule has 4 rings (SSSR count). The first-order valence-corrected chi connectivity index (χ1v) is 12.1. The standard InChI is InChI=1S/C25H27N3O7S/c1-14(29)13-35-17(16-8-6-5-7-9-16)12-27-22-18(15(2)19(36-22)20-26-10-11-34-20)21(30)28(24(27)33)25(3,4)23(31)32/h5-11,14,17,29H,12-13H2,1-4H3,(H,31,32)/t14-,17-/m0/s1. The van der Waals surface area contributed by atoms with Crippen LogP contribution in [-0.2, 0) is 21.6 Å². The summed E-state index contributed by atoms with van der Waals surface area (Å²) in [6, 6.07) is 9.18. The Morgan fingerprint density at radius 1 is 1.25 bits per heavy atom. The van der Waals surface area contributed by atoms with Gasteiger partial charge in [0.15, 0.2) is 0 Å². The number of aliphatic hydroxyl groups is 1. The number of aromatic nitrogens is 3. The van der Waals surface area contributed by atoms with Gasteiger partial charge >= 0.3 is 11.7 Å². The number of benzene rings is 1. The second kappa shape index (κ2) is 9.84. The molecule has 0 aliphatic heterocycles. The number of nitrogens with zero attached hydrogens (tertiary/aromatic N) is 3. The lowest BCUT2D eigenvalue weighted by Crippen LogP contribution is -2.52. The van der Waals surface area contributed by atoms with Crippen LogP contribution in [0.1, 0.15) is 38.0 Å². The fourth-order valence-corrected chi connectivity index (χ4v) is 5.22. The molecule has 10 nitrogen and oxygen atoms in total. The number of carboxylic acids is 1. The molecule has 2 N–H and O–H groups in total. The van der Waals surface area contributed by atoms with Crippen LogP contribution in [0.15, 0.2) is 56.8 Å². The number of ether oxygens (including phenoxy) is 1. The fraction of sp³-hybridized carbons (Fsp3) is 0.360. The molecule has 3 heterocycles. The van der Waals surface area contributed by atoms with Gasteiger partial charge in [-0.05, 0) is 38.8 Å². The molecule has 0 aliphatic carbocycles. The maximum atomic E-state index is 13.8. The monoisotopic (exact) mass is 513 g/mol. The summed E-state index contributed by atoms with van der Waals surface area (Å²) >= 11 is 1.17. The van der Waals surface area contributed by atoms with Gasteiger partial charge in [0.25, 0.3) is 5.56 Å². The summed E-state index contributed by atoms with van der Waals surface area (Å²) < 4.78 is 13.6. The molecule has 1 aromatic carbocycles. The van der Waals surface area contributed by atoms with Gasteiger partial charge in [0, 0.05) is 0 Å². The third-order valence-electron chi connectivity index (χ3n) is 5.98. The Morgan fingerprint density at radius 2 is 1.94 bits per heavy atom. The molecule has 190 valence electrons. The maximum Gasteiger partial charge on any atom is 0.333 e. The highest BCUT2D eigenvalue weighted by atomic mass is 32.1. The Balaban J connectivity index is 2.01. The molecule has 4 aromatic rings. The normalized spacial score (nSPS) is 13.7. The highest BCUT2D eigenvalue weighted by molar-refractivity contribution is 7.22. The van der Waals surface area contributed by atoms with Crippen molar-refractivity contribution in [3.05, 3.63) is 74.8 Å². The topological polar surface area (TPSA) is 137 Å². The van der Waals surface area contributed by atoms with E-state index in [9.17, 15) is 24.6 Å². The second-order valence-corrected chi connectivity index (χ2v) is 10.1. The Bertz CT molecular complexity index is 1500. The number of carbonyl (C=O) groups is 1. The molecule has 36 heavy (non-hydrogen) atoms. The number of aliphatic hydroxyl groups excluding tert-OH is 1. The van der Waals surface area contributed by atoms with Crippen LogP contribution in [0.2, 0.25) is 0 Å². The van der Waals surface area contributed by atoms with Gasteiger partial charge in [-0.3, -0.25) is 9.36 Å². The smallest absolute Gasteiger partial charge is 0.333 e. The maximum absolute atomic E-state index is 13.8. The van der Waals surface area contributed by atoms with Gasteiger partial charge in [0.05, 0.1) is 35.7 Å². The summed E-state index contributed by atoms with van der Waals surface area (Å²) in [4.78, 5) is 44.6. The summed E-state index contributed by atoms with van der Waals surface area (Å²) in [6.45, 7) is 5.92. The van der Waals surface area contributed by atoms with Crippen LogP contribution in [0.25, 0.3) is 21.0 Å². The lowest BCUT2D eigenvalue weighted by Gasteiger charge is -2.25. The van der Waals surface area contributed by atoms with Crippen molar-refractivity contribution in [3.8, 4) is 10.8 Å². The van der Waals surface area contributed by atoms with Crippen LogP contribution in [0.4, 0.5) is 0 Å². The second-order valence-electron chi connectivity index (χ2n) is 9.05. The minimum atomic E-state index is -1.82. The van der Waals surface area contributed by atoms with Crippen molar-refractivity contribution in [3.63, 3.8) is 0 Å². The average molecular weight is 514 g/mol. The molecule has 0 spiro atoms. The number of rotatable bonds is 9. The number of aliphatic carboxylic acids is 1. The van der Waals surface area contributed by atoms with E-state index in [4.69, 9.17) is 9.15 Å². The summed E-state index contributed by atoms with van der Waals surface area (Å²) in [7, 11) is 0. The van der Waals surface area contributed by atoms with Crippen LogP contribution in [-0.4, -0.2) is 43.0 Å². The van der Waals surface area contributed by atoms with E-state index in [1.807, 2.05) is 30.3 Å². The molecular weight excluding hydrogens is 486 g/mol. The minimum absolute atomic E-state index is 0.0166. The van der Waals surface area contributed by atoms with Crippen LogP contribution in [0.5, 0.6) is 0 Å². The molecule has 0 bridgehead atoms. The molecule has 0 saturated carbocycles. The molecule has 0 fully saturated rings. The third kappa shape index (κ3) is 4.52. The predicted octanol–water partition coefficient (Wildman–Crippen LogP) is 3.15. The molecule has 3 aromatic heterocycles. The first kappa shape index (κ1) is 25.5. The first-order valence-electron chi connectivity index (χ1n) is 11.3. The zero-order valence-corrected chi connectivity index (χ0v) is 21.1. The van der Waals surface area contributed by atoms with Crippen molar-refractivity contribution in [2.75, 3.05) is 6.61 Å². The van der Waals surface area contributed by atoms with Crippen LogP contribution >= 0.6 is 11.3 Å². The summed E-state index contributed by atoms with van der Waals surface area (Å²) in [5, 5.41) is 19.9. The van der Waals surface area contributed by atoms with Gasteiger partial charge in [-0.15, -0.1) is 11.3 Å². The van der Waals surface area contributed by atoms with E-state index in [2.05, 4.69) is 4.98 Å². The lowest BCUT2D eigenvalue weighted by molar-refractivity contribution is -0.146. The lowest BCUT2D eigenvalue weighted by atomic mass is 10.1. The highest BCUT2D eigenvalue weighted by Gasteiger charge is 2.36. The van der Waals surface area contributed by atoms with Crippen LogP contribution in [0, 0.1) is 6.92 Å². The van der Waals surface area contributed by atoms with Crippen molar-refractivity contribution in [1.29, 1.82) is 0 Å². The number of carboxylic acid groups (broad SMARTS) is 1. The van der Waals surface area contributed by atoms with Gasteiger partial charge in [0.1, 0.15) is 22.7 Å². The molecule has 0 aliphatic rings. The van der Waals surface area contributed by atoms with Gasteiger partial charge in [0.2, 0.25) is 5.89 Å². The summed E-state index contributed by atoms with van der Waals surface area (Å²) in [5.74, 6) is -1.03.